The molecule has 0 unspecified atom stereocenters. The molecule has 0 aliphatic heterocycles. The molecule has 0 aromatic carbocycles. The molecule has 0 spiro atoms. The number of carboxylic acid groups (broad SMARTS) is 1. The number of nitrogens with zero attached hydrogens (tertiary/aromatic N) is 3. The molecule has 1 aromatic rings. The van der Waals surface area contributed by atoms with Crippen molar-refractivity contribution in [3.05, 3.63) is 11.8 Å². The number of rotatable bonds is 5. The standard InChI is InChI=1S/C10H15N3O3/c1-7-6-8(12-10(11-7)16-3)13(2)5-4-9(14)15/h6H,4-5H2,1-3H3,(H,14,15). The molecule has 0 aliphatic carbocycles. The van der Waals surface area contributed by atoms with E-state index in [4.69, 9.17) is 9.84 Å². The third-order valence-electron chi connectivity index (χ3n) is 2.05. The molecule has 0 bridgehead atoms. The molecule has 6 heteroatoms. The molecule has 0 fully saturated rings. The van der Waals surface area contributed by atoms with Gasteiger partial charge in [-0.15, -0.1) is 0 Å². The summed E-state index contributed by atoms with van der Waals surface area (Å²) in [5.41, 5.74) is 0.782. The summed E-state index contributed by atoms with van der Waals surface area (Å²) >= 11 is 0. The Kier molecular flexibility index (Phi) is 4.04. The Morgan fingerprint density at radius 3 is 2.81 bits per heavy atom. The van der Waals surface area contributed by atoms with Crippen LogP contribution in [0.25, 0.3) is 0 Å². The van der Waals surface area contributed by atoms with Gasteiger partial charge >= 0.3 is 12.0 Å². The van der Waals surface area contributed by atoms with Crippen LogP contribution in [-0.4, -0.2) is 41.7 Å². The number of aromatic nitrogens is 2. The van der Waals surface area contributed by atoms with Crippen LogP contribution in [0.2, 0.25) is 0 Å². The molecule has 16 heavy (non-hydrogen) atoms. The molecule has 0 amide bonds. The molecule has 88 valence electrons. The van der Waals surface area contributed by atoms with Crippen LogP contribution in [0.5, 0.6) is 6.01 Å². The van der Waals surface area contributed by atoms with E-state index < -0.39 is 5.97 Å². The maximum absolute atomic E-state index is 10.4. The lowest BCUT2D eigenvalue weighted by atomic mass is 10.3. The van der Waals surface area contributed by atoms with Crippen LogP contribution in [0.1, 0.15) is 12.1 Å². The summed E-state index contributed by atoms with van der Waals surface area (Å²) < 4.78 is 4.95. The van der Waals surface area contributed by atoms with Gasteiger partial charge in [-0.1, -0.05) is 0 Å². The number of carboxylic acids is 1. The molecule has 0 radical (unpaired) electrons. The monoisotopic (exact) mass is 225 g/mol. The van der Waals surface area contributed by atoms with Gasteiger partial charge in [0.15, 0.2) is 0 Å². The largest absolute Gasteiger partial charge is 0.481 e. The first-order chi connectivity index (χ1) is 7.52. The number of carbonyl (C=O) groups is 1. The van der Waals surface area contributed by atoms with Gasteiger partial charge in [-0.25, -0.2) is 4.98 Å². The average Bonchev–Trinajstić information content (AvgIpc) is 2.24. The fraction of sp³-hybridized carbons (Fsp3) is 0.500. The predicted molar refractivity (Wildman–Crippen MR) is 58.8 cm³/mol. The van der Waals surface area contributed by atoms with Crippen LogP contribution in [0.4, 0.5) is 5.82 Å². The minimum absolute atomic E-state index is 0.0713. The zero-order chi connectivity index (χ0) is 12.1. The minimum Gasteiger partial charge on any atom is -0.481 e. The molecule has 0 saturated carbocycles. The van der Waals surface area contributed by atoms with Crippen molar-refractivity contribution in [3.63, 3.8) is 0 Å². The van der Waals surface area contributed by atoms with Crippen molar-refractivity contribution >= 4 is 11.8 Å². The smallest absolute Gasteiger partial charge is 0.318 e. The summed E-state index contributed by atoms with van der Waals surface area (Å²) in [5.74, 6) is -0.171. The van der Waals surface area contributed by atoms with Gasteiger partial charge in [-0.2, -0.15) is 4.98 Å². The number of aryl methyl sites for hydroxylation is 1. The van der Waals surface area contributed by atoms with Crippen LogP contribution < -0.4 is 9.64 Å². The highest BCUT2D eigenvalue weighted by Crippen LogP contribution is 2.14. The topological polar surface area (TPSA) is 75.5 Å². The molecule has 1 rings (SSSR count). The second kappa shape index (κ2) is 5.29. The van der Waals surface area contributed by atoms with Crippen molar-refractivity contribution in [1.82, 2.24) is 9.97 Å². The van der Waals surface area contributed by atoms with E-state index in [2.05, 4.69) is 9.97 Å². The van der Waals surface area contributed by atoms with Gasteiger partial charge in [-0.05, 0) is 6.92 Å². The lowest BCUT2D eigenvalue weighted by molar-refractivity contribution is -0.136. The van der Waals surface area contributed by atoms with Crippen molar-refractivity contribution in [1.29, 1.82) is 0 Å². The maximum atomic E-state index is 10.4. The van der Waals surface area contributed by atoms with E-state index in [0.29, 0.717) is 12.4 Å². The van der Waals surface area contributed by atoms with Crippen molar-refractivity contribution in [2.24, 2.45) is 0 Å². The molecule has 0 aliphatic rings. The number of ether oxygens (including phenoxy) is 1. The minimum atomic E-state index is -0.829. The molecule has 6 nitrogen and oxygen atoms in total. The zero-order valence-corrected chi connectivity index (χ0v) is 9.60. The lowest BCUT2D eigenvalue weighted by Crippen LogP contribution is -2.22. The molecule has 1 N–H and O–H groups in total. The van der Waals surface area contributed by atoms with Gasteiger partial charge in [0.1, 0.15) is 5.82 Å². The van der Waals surface area contributed by atoms with Gasteiger partial charge < -0.3 is 14.7 Å². The van der Waals surface area contributed by atoms with Gasteiger partial charge in [0.05, 0.1) is 13.5 Å². The van der Waals surface area contributed by atoms with Crippen molar-refractivity contribution < 1.29 is 14.6 Å². The normalized spacial score (nSPS) is 9.94. The Morgan fingerprint density at radius 2 is 2.25 bits per heavy atom. The number of hydrogen-bond acceptors (Lipinski definition) is 5. The quantitative estimate of drug-likeness (QED) is 0.795. The Morgan fingerprint density at radius 1 is 1.56 bits per heavy atom. The zero-order valence-electron chi connectivity index (χ0n) is 9.60. The van der Waals surface area contributed by atoms with E-state index in [0.717, 1.165) is 5.69 Å². The second-order valence-electron chi connectivity index (χ2n) is 3.42. The summed E-state index contributed by atoms with van der Waals surface area (Å²) in [6, 6.07) is 2.07. The van der Waals surface area contributed by atoms with E-state index >= 15 is 0 Å². The van der Waals surface area contributed by atoms with Crippen molar-refractivity contribution in [2.45, 2.75) is 13.3 Å². The molecule has 0 atom stereocenters. The number of anilines is 1. The summed E-state index contributed by atoms with van der Waals surface area (Å²) in [4.78, 5) is 20.4. The molecule has 1 heterocycles. The molecular formula is C10H15N3O3. The predicted octanol–water partition coefficient (Wildman–Crippen LogP) is 0.705. The first-order valence-corrected chi connectivity index (χ1v) is 4.85. The van der Waals surface area contributed by atoms with E-state index in [-0.39, 0.29) is 12.4 Å². The number of hydrogen-bond donors (Lipinski definition) is 1. The molecule has 1 aromatic heterocycles. The Labute approximate surface area is 93.9 Å². The molecule has 0 saturated heterocycles. The summed E-state index contributed by atoms with van der Waals surface area (Å²) in [6.45, 7) is 2.23. The van der Waals surface area contributed by atoms with Crippen LogP contribution in [0.3, 0.4) is 0 Å². The highest BCUT2D eigenvalue weighted by molar-refractivity contribution is 5.67. The Hall–Kier alpha value is -1.85. The Balaban J connectivity index is 2.77. The molecular weight excluding hydrogens is 210 g/mol. The van der Waals surface area contributed by atoms with Gasteiger partial charge in [0.2, 0.25) is 0 Å². The second-order valence-corrected chi connectivity index (χ2v) is 3.42. The maximum Gasteiger partial charge on any atom is 0.318 e. The summed E-state index contributed by atoms with van der Waals surface area (Å²) in [7, 11) is 3.28. The highest BCUT2D eigenvalue weighted by atomic mass is 16.5. The number of methoxy groups -OCH3 is 1. The van der Waals surface area contributed by atoms with Gasteiger partial charge in [0.25, 0.3) is 0 Å². The third-order valence-corrected chi connectivity index (χ3v) is 2.05. The Bertz CT molecular complexity index is 382. The van der Waals surface area contributed by atoms with E-state index in [9.17, 15) is 4.79 Å². The van der Waals surface area contributed by atoms with Crippen molar-refractivity contribution in [2.75, 3.05) is 25.6 Å². The van der Waals surface area contributed by atoms with Crippen LogP contribution >= 0.6 is 0 Å². The highest BCUT2D eigenvalue weighted by Gasteiger charge is 2.08. The van der Waals surface area contributed by atoms with E-state index in [1.165, 1.54) is 7.11 Å². The third kappa shape index (κ3) is 3.38. The fourth-order valence-electron chi connectivity index (χ4n) is 1.19. The van der Waals surface area contributed by atoms with E-state index in [1.807, 2.05) is 6.92 Å². The summed E-state index contributed by atoms with van der Waals surface area (Å²) in [6.07, 6.45) is 0.0713. The van der Waals surface area contributed by atoms with E-state index in [1.54, 1.807) is 18.0 Å². The first kappa shape index (κ1) is 12.2. The SMILES string of the molecule is COc1nc(C)cc(N(C)CCC(=O)O)n1. The van der Waals surface area contributed by atoms with Crippen LogP contribution in [-0.2, 0) is 4.79 Å². The van der Waals surface area contributed by atoms with Gasteiger partial charge in [-0.3, -0.25) is 4.79 Å². The van der Waals surface area contributed by atoms with Gasteiger partial charge in [0, 0.05) is 25.4 Å². The first-order valence-electron chi connectivity index (χ1n) is 4.85. The van der Waals surface area contributed by atoms with Crippen LogP contribution in [0, 0.1) is 6.92 Å². The number of aliphatic carboxylic acids is 1. The van der Waals surface area contributed by atoms with Crippen LogP contribution in [0.15, 0.2) is 6.07 Å². The summed E-state index contributed by atoms with van der Waals surface area (Å²) in [5, 5.41) is 8.58. The lowest BCUT2D eigenvalue weighted by Gasteiger charge is -2.17. The average molecular weight is 225 g/mol. The van der Waals surface area contributed by atoms with Crippen molar-refractivity contribution in [3.8, 4) is 6.01 Å². The fourth-order valence-corrected chi connectivity index (χ4v) is 1.19.